The summed E-state index contributed by atoms with van der Waals surface area (Å²) < 4.78 is 26.9. The lowest BCUT2D eigenvalue weighted by molar-refractivity contribution is -0.126. The van der Waals surface area contributed by atoms with Gasteiger partial charge in [-0.3, -0.25) is 4.79 Å². The number of nitrogens with one attached hydrogen (secondary N) is 1. The quantitative estimate of drug-likeness (QED) is 0.794. The summed E-state index contributed by atoms with van der Waals surface area (Å²) in [6.45, 7) is 1.13. The molecule has 1 amide bonds. The molecule has 1 unspecified atom stereocenters. The van der Waals surface area contributed by atoms with Crippen LogP contribution in [0, 0.1) is 5.92 Å². The fourth-order valence-corrected chi connectivity index (χ4v) is 4.80. The van der Waals surface area contributed by atoms with E-state index < -0.39 is 10.0 Å². The van der Waals surface area contributed by atoms with Gasteiger partial charge in [0.05, 0.1) is 10.8 Å². The van der Waals surface area contributed by atoms with Crippen molar-refractivity contribution in [1.82, 2.24) is 9.62 Å². The molecule has 6 nitrogen and oxygen atoms in total. The number of aromatic hydroxyl groups is 1. The van der Waals surface area contributed by atoms with Gasteiger partial charge in [0.2, 0.25) is 15.9 Å². The van der Waals surface area contributed by atoms with Crippen molar-refractivity contribution >= 4 is 15.9 Å². The Hall–Kier alpha value is -2.38. The summed E-state index contributed by atoms with van der Waals surface area (Å²) in [5, 5.41) is 12.2. The SMILES string of the molecule is O=C(NCCc1ccc(O)cc1)C1CCCN(S(=O)(=O)c2ccccc2)C1. The second-order valence-corrected chi connectivity index (χ2v) is 8.66. The van der Waals surface area contributed by atoms with E-state index >= 15 is 0 Å². The number of rotatable bonds is 6. The first kappa shape index (κ1) is 19.4. The van der Waals surface area contributed by atoms with E-state index in [0.717, 1.165) is 5.56 Å². The minimum absolute atomic E-state index is 0.109. The number of benzene rings is 2. The van der Waals surface area contributed by atoms with Gasteiger partial charge >= 0.3 is 0 Å². The number of phenols is 1. The number of carbonyl (C=O) groups is 1. The van der Waals surface area contributed by atoms with Crippen LogP contribution in [-0.2, 0) is 21.2 Å². The van der Waals surface area contributed by atoms with E-state index in [1.807, 2.05) is 12.1 Å². The van der Waals surface area contributed by atoms with Gasteiger partial charge in [-0.05, 0) is 49.1 Å². The molecule has 2 aromatic rings. The first-order chi connectivity index (χ1) is 13.0. The van der Waals surface area contributed by atoms with Crippen molar-refractivity contribution < 1.29 is 18.3 Å². The summed E-state index contributed by atoms with van der Waals surface area (Å²) >= 11 is 0. The van der Waals surface area contributed by atoms with Gasteiger partial charge in [0.15, 0.2) is 0 Å². The van der Waals surface area contributed by atoms with Crippen LogP contribution in [0.25, 0.3) is 0 Å². The molecule has 1 aliphatic rings. The summed E-state index contributed by atoms with van der Waals surface area (Å²) in [5.41, 5.74) is 1.02. The molecule has 1 saturated heterocycles. The molecule has 0 radical (unpaired) electrons. The van der Waals surface area contributed by atoms with Gasteiger partial charge in [-0.15, -0.1) is 0 Å². The number of hydrogen-bond acceptors (Lipinski definition) is 4. The van der Waals surface area contributed by atoms with Gasteiger partial charge < -0.3 is 10.4 Å². The van der Waals surface area contributed by atoms with Crippen LogP contribution in [0.15, 0.2) is 59.5 Å². The van der Waals surface area contributed by atoms with Crippen molar-refractivity contribution in [2.24, 2.45) is 5.92 Å². The maximum absolute atomic E-state index is 12.8. The molecule has 27 heavy (non-hydrogen) atoms. The number of carbonyl (C=O) groups excluding carboxylic acids is 1. The molecule has 7 heteroatoms. The molecule has 0 aromatic heterocycles. The summed E-state index contributed by atoms with van der Waals surface area (Å²) in [5.74, 6) is -0.233. The zero-order valence-electron chi connectivity index (χ0n) is 15.0. The molecular formula is C20H24N2O4S. The van der Waals surface area contributed by atoms with Gasteiger partial charge in [-0.2, -0.15) is 4.31 Å². The Morgan fingerprint density at radius 1 is 1.11 bits per heavy atom. The molecule has 1 aliphatic heterocycles. The lowest BCUT2D eigenvalue weighted by Gasteiger charge is -2.31. The number of phenolic OH excluding ortho intramolecular Hbond substituents is 1. The Morgan fingerprint density at radius 2 is 1.81 bits per heavy atom. The van der Waals surface area contributed by atoms with E-state index in [1.54, 1.807) is 42.5 Å². The summed E-state index contributed by atoms with van der Waals surface area (Å²) in [6.07, 6.45) is 2.01. The largest absolute Gasteiger partial charge is 0.508 e. The first-order valence-electron chi connectivity index (χ1n) is 9.07. The Balaban J connectivity index is 1.55. The maximum atomic E-state index is 12.8. The highest BCUT2D eigenvalue weighted by Crippen LogP contribution is 2.23. The summed E-state index contributed by atoms with van der Waals surface area (Å²) in [6, 6.07) is 15.2. The van der Waals surface area contributed by atoms with E-state index in [9.17, 15) is 18.3 Å². The highest BCUT2D eigenvalue weighted by Gasteiger charge is 2.33. The first-order valence-corrected chi connectivity index (χ1v) is 10.5. The highest BCUT2D eigenvalue weighted by molar-refractivity contribution is 7.89. The number of sulfonamides is 1. The molecule has 1 atom stereocenters. The Bertz CT molecular complexity index is 867. The molecular weight excluding hydrogens is 364 g/mol. The number of nitrogens with zero attached hydrogens (tertiary/aromatic N) is 1. The fraction of sp³-hybridized carbons (Fsp3) is 0.350. The average molecular weight is 388 g/mol. The lowest BCUT2D eigenvalue weighted by atomic mass is 9.99. The highest BCUT2D eigenvalue weighted by atomic mass is 32.2. The van der Waals surface area contributed by atoms with Crippen LogP contribution in [0.5, 0.6) is 5.75 Å². The number of amides is 1. The van der Waals surface area contributed by atoms with Crippen LogP contribution in [0.3, 0.4) is 0 Å². The Labute approximate surface area is 159 Å². The normalized spacial score (nSPS) is 18.1. The van der Waals surface area contributed by atoms with Crippen LogP contribution >= 0.6 is 0 Å². The minimum atomic E-state index is -3.57. The van der Waals surface area contributed by atoms with E-state index in [-0.39, 0.29) is 29.0 Å². The second kappa shape index (κ2) is 8.54. The zero-order chi connectivity index (χ0) is 19.3. The van der Waals surface area contributed by atoms with Crippen molar-refractivity contribution in [3.05, 3.63) is 60.2 Å². The third-order valence-electron chi connectivity index (χ3n) is 4.79. The van der Waals surface area contributed by atoms with Gasteiger partial charge in [-0.1, -0.05) is 30.3 Å². The van der Waals surface area contributed by atoms with E-state index in [1.165, 1.54) is 4.31 Å². The van der Waals surface area contributed by atoms with Crippen LogP contribution in [0.1, 0.15) is 18.4 Å². The van der Waals surface area contributed by atoms with E-state index in [2.05, 4.69) is 5.32 Å². The van der Waals surface area contributed by atoms with Gasteiger partial charge in [0.1, 0.15) is 5.75 Å². The van der Waals surface area contributed by atoms with Crippen molar-refractivity contribution in [1.29, 1.82) is 0 Å². The molecule has 144 valence electrons. The third-order valence-corrected chi connectivity index (χ3v) is 6.66. The van der Waals surface area contributed by atoms with Crippen molar-refractivity contribution in [2.75, 3.05) is 19.6 Å². The van der Waals surface area contributed by atoms with Crippen LogP contribution < -0.4 is 5.32 Å². The fourth-order valence-electron chi connectivity index (χ4n) is 3.25. The molecule has 1 heterocycles. The van der Waals surface area contributed by atoms with Gasteiger partial charge in [0, 0.05) is 19.6 Å². The van der Waals surface area contributed by atoms with Crippen molar-refractivity contribution in [3.63, 3.8) is 0 Å². The predicted octanol–water partition coefficient (Wildman–Crippen LogP) is 2.15. The molecule has 0 aliphatic carbocycles. The predicted molar refractivity (Wildman–Crippen MR) is 103 cm³/mol. The van der Waals surface area contributed by atoms with Crippen LogP contribution in [0.4, 0.5) is 0 Å². The monoisotopic (exact) mass is 388 g/mol. The summed E-state index contributed by atoms with van der Waals surface area (Å²) in [7, 11) is -3.57. The molecule has 2 aromatic carbocycles. The second-order valence-electron chi connectivity index (χ2n) is 6.72. The molecule has 1 fully saturated rings. The lowest BCUT2D eigenvalue weighted by Crippen LogP contribution is -2.45. The van der Waals surface area contributed by atoms with Gasteiger partial charge in [0.25, 0.3) is 0 Å². The van der Waals surface area contributed by atoms with Crippen molar-refractivity contribution in [2.45, 2.75) is 24.2 Å². The topological polar surface area (TPSA) is 86.7 Å². The smallest absolute Gasteiger partial charge is 0.243 e. The van der Waals surface area contributed by atoms with Crippen molar-refractivity contribution in [3.8, 4) is 5.75 Å². The summed E-state index contributed by atoms with van der Waals surface area (Å²) in [4.78, 5) is 12.7. The maximum Gasteiger partial charge on any atom is 0.243 e. The molecule has 0 bridgehead atoms. The van der Waals surface area contributed by atoms with Gasteiger partial charge in [-0.25, -0.2) is 8.42 Å². The molecule has 0 spiro atoms. The number of piperidine rings is 1. The van der Waals surface area contributed by atoms with Crippen LogP contribution in [0.2, 0.25) is 0 Å². The number of hydrogen-bond donors (Lipinski definition) is 2. The molecule has 0 saturated carbocycles. The van der Waals surface area contributed by atoms with Crippen LogP contribution in [-0.4, -0.2) is 43.4 Å². The molecule has 3 rings (SSSR count). The van der Waals surface area contributed by atoms with E-state index in [4.69, 9.17) is 0 Å². The third kappa shape index (κ3) is 4.87. The average Bonchev–Trinajstić information content (AvgIpc) is 2.70. The Morgan fingerprint density at radius 3 is 2.52 bits per heavy atom. The standard InChI is InChI=1S/C20H24N2O4S/c23-18-10-8-16(9-11-18)12-13-21-20(24)17-5-4-14-22(15-17)27(25,26)19-6-2-1-3-7-19/h1-3,6-11,17,23H,4-5,12-15H2,(H,21,24). The molecule has 2 N–H and O–H groups in total. The van der Waals surface area contributed by atoms with E-state index in [0.29, 0.717) is 32.4 Å². The Kier molecular flexibility index (Phi) is 6.13. The minimum Gasteiger partial charge on any atom is -0.508 e. The zero-order valence-corrected chi connectivity index (χ0v) is 15.9.